The summed E-state index contributed by atoms with van der Waals surface area (Å²) in [5, 5.41) is 18.8. The van der Waals surface area contributed by atoms with Gasteiger partial charge in [-0.2, -0.15) is 5.21 Å². The zero-order valence-electron chi connectivity index (χ0n) is 11.1. The van der Waals surface area contributed by atoms with Gasteiger partial charge in [0.15, 0.2) is 14.9 Å². The van der Waals surface area contributed by atoms with Crippen LogP contribution in [0.15, 0.2) is 34.2 Å². The molecule has 0 aliphatic carbocycles. The lowest BCUT2D eigenvalue weighted by Gasteiger charge is -2.03. The number of carboxylic acids is 1. The number of aromatic nitrogens is 3. The zero-order chi connectivity index (χ0) is 15.5. The normalized spacial score (nSPS) is 11.5. The number of hydrogen-bond donors (Lipinski definition) is 2. The number of hydrogen-bond acceptors (Lipinski definition) is 6. The van der Waals surface area contributed by atoms with Crippen molar-refractivity contribution in [1.82, 2.24) is 15.4 Å². The van der Waals surface area contributed by atoms with Crippen molar-refractivity contribution >= 4 is 27.6 Å². The van der Waals surface area contributed by atoms with Gasteiger partial charge in [0.1, 0.15) is 0 Å². The van der Waals surface area contributed by atoms with Crippen LogP contribution < -0.4 is 0 Å². The number of rotatable bonds is 6. The average Bonchev–Trinajstić information content (AvgIpc) is 2.94. The Morgan fingerprint density at radius 3 is 2.52 bits per heavy atom. The van der Waals surface area contributed by atoms with Gasteiger partial charge in [-0.05, 0) is 17.7 Å². The van der Waals surface area contributed by atoms with Crippen molar-refractivity contribution in [3.63, 3.8) is 0 Å². The van der Waals surface area contributed by atoms with Crippen LogP contribution in [0.3, 0.4) is 0 Å². The average molecular weight is 327 g/mol. The van der Waals surface area contributed by atoms with E-state index in [0.717, 1.165) is 5.56 Å². The topological polar surface area (TPSA) is 113 Å². The van der Waals surface area contributed by atoms with Gasteiger partial charge < -0.3 is 5.11 Å². The molecule has 1 aromatic carbocycles. The van der Waals surface area contributed by atoms with Crippen molar-refractivity contribution in [2.24, 2.45) is 0 Å². The van der Waals surface area contributed by atoms with Crippen LogP contribution in [0.4, 0.5) is 0 Å². The zero-order valence-corrected chi connectivity index (χ0v) is 12.7. The van der Waals surface area contributed by atoms with Crippen molar-refractivity contribution < 1.29 is 18.3 Å². The van der Waals surface area contributed by atoms with E-state index >= 15 is 0 Å². The molecule has 1 heterocycles. The van der Waals surface area contributed by atoms with Crippen LogP contribution in [0, 0.1) is 0 Å². The molecule has 0 bridgehead atoms. The molecule has 2 rings (SSSR count). The van der Waals surface area contributed by atoms with E-state index in [-0.39, 0.29) is 16.3 Å². The summed E-state index contributed by atoms with van der Waals surface area (Å²) in [6, 6.07) is 6.51. The highest BCUT2D eigenvalue weighted by atomic mass is 32.2. The van der Waals surface area contributed by atoms with Gasteiger partial charge in [0, 0.05) is 5.75 Å². The van der Waals surface area contributed by atoms with E-state index in [2.05, 4.69) is 15.4 Å². The molecule has 1 aromatic heterocycles. The molecule has 0 atom stereocenters. The highest BCUT2D eigenvalue weighted by Crippen LogP contribution is 2.23. The third kappa shape index (κ3) is 3.61. The summed E-state index contributed by atoms with van der Waals surface area (Å²) >= 11 is 1.22. The lowest BCUT2D eigenvalue weighted by atomic mass is 10.2. The van der Waals surface area contributed by atoms with Crippen molar-refractivity contribution in [2.75, 3.05) is 5.75 Å². The number of nitrogens with zero attached hydrogens (tertiary/aromatic N) is 2. The fraction of sp³-hybridized carbons (Fsp3) is 0.250. The monoisotopic (exact) mass is 327 g/mol. The summed E-state index contributed by atoms with van der Waals surface area (Å²) in [6.07, 6.45) is 0. The molecule has 112 valence electrons. The van der Waals surface area contributed by atoms with Gasteiger partial charge in [0.25, 0.3) is 0 Å². The highest BCUT2D eigenvalue weighted by Gasteiger charge is 2.16. The molecule has 0 aliphatic rings. The summed E-state index contributed by atoms with van der Waals surface area (Å²) in [6.45, 7) is 1.59. The lowest BCUT2D eigenvalue weighted by molar-refractivity contribution is 0.0686. The fourth-order valence-corrected chi connectivity index (χ4v) is 3.33. The van der Waals surface area contributed by atoms with Gasteiger partial charge in [0.2, 0.25) is 5.69 Å². The Kier molecular flexibility index (Phi) is 4.63. The lowest BCUT2D eigenvalue weighted by Crippen LogP contribution is -2.03. The summed E-state index contributed by atoms with van der Waals surface area (Å²) in [5.74, 6) is -0.614. The number of carboxylic acid groups (broad SMARTS) is 1. The molecule has 0 aliphatic heterocycles. The number of aromatic amines is 1. The van der Waals surface area contributed by atoms with Gasteiger partial charge in [-0.3, -0.25) is 0 Å². The Hall–Kier alpha value is -1.87. The minimum Gasteiger partial charge on any atom is -0.476 e. The Morgan fingerprint density at radius 2 is 1.95 bits per heavy atom. The summed E-state index contributed by atoms with van der Waals surface area (Å²) in [4.78, 5) is 11.2. The van der Waals surface area contributed by atoms with Crippen LogP contribution in [0.5, 0.6) is 0 Å². The van der Waals surface area contributed by atoms with E-state index in [9.17, 15) is 13.2 Å². The molecule has 2 aromatic rings. The van der Waals surface area contributed by atoms with Crippen molar-refractivity contribution in [3.8, 4) is 0 Å². The quantitative estimate of drug-likeness (QED) is 0.774. The minimum atomic E-state index is -3.20. The molecule has 9 heteroatoms. The van der Waals surface area contributed by atoms with Crippen LogP contribution in [0.2, 0.25) is 0 Å². The molecule has 0 saturated carbocycles. The van der Waals surface area contributed by atoms with Gasteiger partial charge in [-0.25, -0.2) is 13.2 Å². The predicted octanol–water partition coefficient (Wildman–Crippen LogP) is 1.59. The first-order chi connectivity index (χ1) is 9.94. The Morgan fingerprint density at radius 1 is 1.29 bits per heavy atom. The van der Waals surface area contributed by atoms with Crippen LogP contribution in [0.25, 0.3) is 0 Å². The molecular weight excluding hydrogens is 314 g/mol. The van der Waals surface area contributed by atoms with Crippen LogP contribution in [-0.2, 0) is 15.6 Å². The molecule has 0 radical (unpaired) electrons. The maximum absolute atomic E-state index is 11.7. The molecule has 21 heavy (non-hydrogen) atoms. The number of carbonyl (C=O) groups is 1. The molecule has 0 unspecified atom stereocenters. The summed E-state index contributed by atoms with van der Waals surface area (Å²) < 4.78 is 23.4. The van der Waals surface area contributed by atoms with Crippen LogP contribution >= 0.6 is 11.8 Å². The van der Waals surface area contributed by atoms with Gasteiger partial charge in [-0.15, -0.1) is 10.2 Å². The first kappa shape index (κ1) is 15.5. The fourth-order valence-electron chi connectivity index (χ4n) is 1.57. The van der Waals surface area contributed by atoms with E-state index < -0.39 is 15.8 Å². The van der Waals surface area contributed by atoms with Crippen molar-refractivity contribution in [3.05, 3.63) is 35.5 Å². The molecule has 0 spiro atoms. The highest BCUT2D eigenvalue weighted by molar-refractivity contribution is 7.98. The molecule has 0 saturated heterocycles. The Labute approximate surface area is 125 Å². The molecule has 2 N–H and O–H groups in total. The maximum atomic E-state index is 11.7. The number of sulfone groups is 1. The SMILES string of the molecule is CCS(=O)(=O)c1ccc(CSc2n[nH]nc2C(=O)O)cc1. The van der Waals surface area contributed by atoms with E-state index in [4.69, 9.17) is 5.11 Å². The first-order valence-corrected chi connectivity index (χ1v) is 8.66. The number of benzene rings is 1. The van der Waals surface area contributed by atoms with Crippen molar-refractivity contribution in [2.45, 2.75) is 22.6 Å². The second kappa shape index (κ2) is 6.27. The smallest absolute Gasteiger partial charge is 0.359 e. The predicted molar refractivity (Wildman–Crippen MR) is 77.1 cm³/mol. The summed E-state index contributed by atoms with van der Waals surface area (Å²) in [7, 11) is -3.20. The van der Waals surface area contributed by atoms with Crippen molar-refractivity contribution in [1.29, 1.82) is 0 Å². The number of aromatic carboxylic acids is 1. The van der Waals surface area contributed by atoms with Gasteiger partial charge in [-0.1, -0.05) is 30.8 Å². The third-order valence-corrected chi connectivity index (χ3v) is 5.54. The third-order valence-electron chi connectivity index (χ3n) is 2.76. The van der Waals surface area contributed by atoms with Crippen LogP contribution in [-0.4, -0.2) is 40.7 Å². The second-order valence-corrected chi connectivity index (χ2v) is 7.36. The molecule has 0 fully saturated rings. The van der Waals surface area contributed by atoms with Gasteiger partial charge >= 0.3 is 5.97 Å². The standard InChI is InChI=1S/C12H13N3O4S2/c1-2-21(18,19)9-5-3-8(4-6-9)7-20-11-10(12(16)17)13-15-14-11/h3-6H,2,7H2,1H3,(H,16,17)(H,13,14,15). The Balaban J connectivity index is 2.08. The molecule has 0 amide bonds. The summed E-state index contributed by atoms with van der Waals surface area (Å²) in [5.41, 5.74) is 0.750. The molecular formula is C12H13N3O4S2. The van der Waals surface area contributed by atoms with E-state index in [1.165, 1.54) is 11.8 Å². The van der Waals surface area contributed by atoms with Crippen LogP contribution in [0.1, 0.15) is 23.0 Å². The minimum absolute atomic E-state index is 0.0575. The van der Waals surface area contributed by atoms with E-state index in [1.807, 2.05) is 0 Å². The van der Waals surface area contributed by atoms with E-state index in [0.29, 0.717) is 10.8 Å². The number of thioether (sulfide) groups is 1. The van der Waals surface area contributed by atoms with E-state index in [1.54, 1.807) is 31.2 Å². The number of nitrogens with one attached hydrogen (secondary N) is 1. The first-order valence-electron chi connectivity index (χ1n) is 6.02. The van der Waals surface area contributed by atoms with Gasteiger partial charge in [0.05, 0.1) is 10.6 Å². The second-order valence-electron chi connectivity index (χ2n) is 4.12. The maximum Gasteiger partial charge on any atom is 0.359 e. The number of H-pyrrole nitrogens is 1. The largest absolute Gasteiger partial charge is 0.476 e. The molecule has 7 nitrogen and oxygen atoms in total. The Bertz CT molecular complexity index is 738.